The van der Waals surface area contributed by atoms with E-state index in [2.05, 4.69) is 17.9 Å². The van der Waals surface area contributed by atoms with Gasteiger partial charge in [0.2, 0.25) is 5.91 Å². The van der Waals surface area contributed by atoms with Crippen molar-refractivity contribution in [2.24, 2.45) is 5.92 Å². The van der Waals surface area contributed by atoms with Crippen molar-refractivity contribution in [1.29, 1.82) is 0 Å². The van der Waals surface area contributed by atoms with Gasteiger partial charge in [-0.3, -0.25) is 4.79 Å². The molecular formula is C12H16FNO2S. The third-order valence-corrected chi connectivity index (χ3v) is 3.15. The fourth-order valence-corrected chi connectivity index (χ4v) is 1.33. The highest BCUT2D eigenvalue weighted by molar-refractivity contribution is 7.81. The molecule has 0 spiro atoms. The minimum atomic E-state index is -0.509. The Bertz CT molecular complexity index is 409. The molecule has 0 fully saturated rings. The molecule has 1 aromatic carbocycles. The fraction of sp³-hybridized carbons (Fsp3) is 0.417. The molecule has 0 heterocycles. The third kappa shape index (κ3) is 3.63. The molecule has 5 heteroatoms. The molecule has 0 bridgehead atoms. The summed E-state index contributed by atoms with van der Waals surface area (Å²) in [4.78, 5) is 11.7. The fourth-order valence-electron chi connectivity index (χ4n) is 1.26. The molecule has 1 amide bonds. The zero-order chi connectivity index (χ0) is 13.0. The summed E-state index contributed by atoms with van der Waals surface area (Å²) in [5, 5.41) is 2.19. The number of benzene rings is 1. The molecule has 1 aromatic rings. The highest BCUT2D eigenvalue weighted by Gasteiger charge is 2.18. The Morgan fingerprint density at radius 1 is 1.47 bits per heavy atom. The summed E-state index contributed by atoms with van der Waals surface area (Å²) in [5.74, 6) is -0.492. The van der Waals surface area contributed by atoms with Crippen LogP contribution in [0.25, 0.3) is 0 Å². The molecular weight excluding hydrogens is 241 g/mol. The van der Waals surface area contributed by atoms with Gasteiger partial charge in [-0.2, -0.15) is 12.6 Å². The van der Waals surface area contributed by atoms with Crippen LogP contribution >= 0.6 is 12.6 Å². The van der Waals surface area contributed by atoms with Crippen LogP contribution in [0.15, 0.2) is 18.2 Å². The summed E-state index contributed by atoms with van der Waals surface area (Å²) >= 11 is 4.18. The normalized spacial score (nSPS) is 12.4. The molecule has 1 N–H and O–H groups in total. The van der Waals surface area contributed by atoms with E-state index in [0.717, 1.165) is 0 Å². The zero-order valence-electron chi connectivity index (χ0n) is 10.0. The second kappa shape index (κ2) is 5.91. The van der Waals surface area contributed by atoms with Gasteiger partial charge in [-0.05, 0) is 18.1 Å². The molecule has 3 nitrogen and oxygen atoms in total. The number of nitrogens with one attached hydrogen (secondary N) is 1. The van der Waals surface area contributed by atoms with E-state index in [1.807, 2.05) is 13.8 Å². The lowest BCUT2D eigenvalue weighted by molar-refractivity contribution is -0.116. The number of thiol groups is 1. The number of halogens is 1. The van der Waals surface area contributed by atoms with Crippen molar-refractivity contribution in [1.82, 2.24) is 0 Å². The van der Waals surface area contributed by atoms with Crippen LogP contribution in [0.1, 0.15) is 13.8 Å². The standard InChI is InChI=1S/C12H16FNO2S/c1-7(2)11(17)12(15)14-8-4-5-10(16-3)9(13)6-8/h4-7,11,17H,1-3H3,(H,14,15). The van der Waals surface area contributed by atoms with Gasteiger partial charge in [-0.1, -0.05) is 13.8 Å². The molecule has 94 valence electrons. The summed E-state index contributed by atoms with van der Waals surface area (Å²) in [6.45, 7) is 3.79. The monoisotopic (exact) mass is 257 g/mol. The second-order valence-corrected chi connectivity index (χ2v) is 4.58. The van der Waals surface area contributed by atoms with Gasteiger partial charge < -0.3 is 10.1 Å². The van der Waals surface area contributed by atoms with Gasteiger partial charge >= 0.3 is 0 Å². The van der Waals surface area contributed by atoms with E-state index in [-0.39, 0.29) is 17.6 Å². The van der Waals surface area contributed by atoms with Crippen LogP contribution in [0.4, 0.5) is 10.1 Å². The number of amides is 1. The average molecular weight is 257 g/mol. The third-order valence-electron chi connectivity index (χ3n) is 2.32. The summed E-state index contributed by atoms with van der Waals surface area (Å²) < 4.78 is 18.2. The summed E-state index contributed by atoms with van der Waals surface area (Å²) in [6, 6.07) is 4.27. The minimum Gasteiger partial charge on any atom is -0.494 e. The first-order valence-electron chi connectivity index (χ1n) is 5.28. The molecule has 0 saturated heterocycles. The van der Waals surface area contributed by atoms with Crippen molar-refractivity contribution in [3.63, 3.8) is 0 Å². The quantitative estimate of drug-likeness (QED) is 0.814. The number of hydrogen-bond acceptors (Lipinski definition) is 3. The topological polar surface area (TPSA) is 38.3 Å². The van der Waals surface area contributed by atoms with Crippen LogP contribution in [-0.4, -0.2) is 18.3 Å². The lowest BCUT2D eigenvalue weighted by atomic mass is 10.1. The SMILES string of the molecule is COc1ccc(NC(=O)C(S)C(C)C)cc1F. The van der Waals surface area contributed by atoms with Crippen LogP contribution in [0.2, 0.25) is 0 Å². The molecule has 0 saturated carbocycles. The van der Waals surface area contributed by atoms with E-state index >= 15 is 0 Å². The number of anilines is 1. The molecule has 0 aromatic heterocycles. The molecule has 0 aliphatic heterocycles. The lowest BCUT2D eigenvalue weighted by Gasteiger charge is -2.14. The van der Waals surface area contributed by atoms with Crippen LogP contribution in [0.5, 0.6) is 5.75 Å². The maximum Gasteiger partial charge on any atom is 0.237 e. The second-order valence-electron chi connectivity index (χ2n) is 4.03. The minimum absolute atomic E-state index is 0.112. The van der Waals surface area contributed by atoms with Crippen LogP contribution in [-0.2, 0) is 4.79 Å². The molecule has 0 aliphatic rings. The number of hydrogen-bond donors (Lipinski definition) is 2. The Hall–Kier alpha value is -1.23. The number of carbonyl (C=O) groups excluding carboxylic acids is 1. The van der Waals surface area contributed by atoms with Gasteiger partial charge in [-0.15, -0.1) is 0 Å². The van der Waals surface area contributed by atoms with Crippen LogP contribution < -0.4 is 10.1 Å². The lowest BCUT2D eigenvalue weighted by Crippen LogP contribution is -2.27. The smallest absolute Gasteiger partial charge is 0.237 e. The van der Waals surface area contributed by atoms with Crippen molar-refractivity contribution in [3.05, 3.63) is 24.0 Å². The predicted octanol–water partition coefficient (Wildman–Crippen LogP) is 2.73. The summed E-state index contributed by atoms with van der Waals surface area (Å²) in [5.41, 5.74) is 0.396. The Kier molecular flexibility index (Phi) is 4.81. The molecule has 1 unspecified atom stereocenters. The number of carbonyl (C=O) groups is 1. The first-order chi connectivity index (χ1) is 7.95. The Morgan fingerprint density at radius 3 is 2.59 bits per heavy atom. The maximum absolute atomic E-state index is 13.4. The maximum atomic E-state index is 13.4. The molecule has 1 atom stereocenters. The molecule has 1 rings (SSSR count). The predicted molar refractivity (Wildman–Crippen MR) is 69.2 cm³/mol. The van der Waals surface area contributed by atoms with E-state index in [1.54, 1.807) is 6.07 Å². The van der Waals surface area contributed by atoms with Gasteiger partial charge in [0.25, 0.3) is 0 Å². The molecule has 17 heavy (non-hydrogen) atoms. The van der Waals surface area contributed by atoms with Crippen LogP contribution in [0, 0.1) is 11.7 Å². The Labute approximate surface area is 106 Å². The van der Waals surface area contributed by atoms with E-state index in [4.69, 9.17) is 4.74 Å². The molecule has 0 radical (unpaired) electrons. The van der Waals surface area contributed by atoms with E-state index in [1.165, 1.54) is 19.2 Å². The van der Waals surface area contributed by atoms with E-state index in [0.29, 0.717) is 5.69 Å². The van der Waals surface area contributed by atoms with Crippen LogP contribution in [0.3, 0.4) is 0 Å². The zero-order valence-corrected chi connectivity index (χ0v) is 10.9. The highest BCUT2D eigenvalue weighted by Crippen LogP contribution is 2.21. The summed E-state index contributed by atoms with van der Waals surface area (Å²) in [7, 11) is 1.39. The van der Waals surface area contributed by atoms with E-state index in [9.17, 15) is 9.18 Å². The number of rotatable bonds is 4. The Morgan fingerprint density at radius 2 is 2.12 bits per heavy atom. The van der Waals surface area contributed by atoms with Gasteiger partial charge in [0.1, 0.15) is 0 Å². The highest BCUT2D eigenvalue weighted by atomic mass is 32.1. The van der Waals surface area contributed by atoms with Crippen molar-refractivity contribution in [3.8, 4) is 5.75 Å². The van der Waals surface area contributed by atoms with Crippen molar-refractivity contribution >= 4 is 24.2 Å². The largest absolute Gasteiger partial charge is 0.494 e. The Balaban J connectivity index is 2.76. The van der Waals surface area contributed by atoms with E-state index < -0.39 is 11.1 Å². The van der Waals surface area contributed by atoms with Crippen molar-refractivity contribution < 1.29 is 13.9 Å². The first kappa shape index (κ1) is 13.8. The van der Waals surface area contributed by atoms with Gasteiger partial charge in [0.05, 0.1) is 12.4 Å². The molecule has 0 aliphatic carbocycles. The van der Waals surface area contributed by atoms with Gasteiger partial charge in [0, 0.05) is 11.8 Å². The number of methoxy groups -OCH3 is 1. The van der Waals surface area contributed by atoms with Crippen molar-refractivity contribution in [2.45, 2.75) is 19.1 Å². The van der Waals surface area contributed by atoms with Crippen molar-refractivity contribution in [2.75, 3.05) is 12.4 Å². The van der Waals surface area contributed by atoms with Gasteiger partial charge in [0.15, 0.2) is 11.6 Å². The average Bonchev–Trinajstić information content (AvgIpc) is 2.28. The first-order valence-corrected chi connectivity index (χ1v) is 5.79. The summed E-state index contributed by atoms with van der Waals surface area (Å²) in [6.07, 6.45) is 0. The van der Waals surface area contributed by atoms with Gasteiger partial charge in [-0.25, -0.2) is 4.39 Å². The number of ether oxygens (including phenoxy) is 1.